The second-order valence-corrected chi connectivity index (χ2v) is 13.6. The Morgan fingerprint density at radius 1 is 0.321 bits per heavy atom. The van der Waals surface area contributed by atoms with E-state index in [0.717, 1.165) is 66.2 Å². The van der Waals surface area contributed by atoms with Gasteiger partial charge in [-0.15, -0.1) is 0 Å². The predicted octanol–water partition coefficient (Wildman–Crippen LogP) is 12.5. The lowest BCUT2D eigenvalue weighted by molar-refractivity contribution is 0.666. The second kappa shape index (κ2) is 13.0. The van der Waals surface area contributed by atoms with Crippen molar-refractivity contribution in [2.45, 2.75) is 0 Å². The summed E-state index contributed by atoms with van der Waals surface area (Å²) in [7, 11) is 0. The van der Waals surface area contributed by atoms with Crippen LogP contribution >= 0.6 is 0 Å². The van der Waals surface area contributed by atoms with Crippen LogP contribution in [0, 0.1) is 0 Å². The zero-order valence-electron chi connectivity index (χ0n) is 29.8. The van der Waals surface area contributed by atoms with Gasteiger partial charge >= 0.3 is 0 Å². The van der Waals surface area contributed by atoms with Crippen LogP contribution in [0.4, 0.5) is 0 Å². The van der Waals surface area contributed by atoms with Crippen LogP contribution in [0.1, 0.15) is 0 Å². The molecule has 0 spiro atoms. The molecule has 0 unspecified atom stereocenters. The van der Waals surface area contributed by atoms with Gasteiger partial charge in [0.2, 0.25) is 0 Å². The molecule has 11 rings (SSSR count). The van der Waals surface area contributed by atoms with Crippen LogP contribution in [0.25, 0.3) is 112 Å². The Balaban J connectivity index is 1.13. The van der Waals surface area contributed by atoms with Gasteiger partial charge in [0.05, 0.1) is 5.56 Å². The molecule has 7 nitrogen and oxygen atoms in total. The molecule has 7 heteroatoms. The summed E-state index contributed by atoms with van der Waals surface area (Å²) < 4.78 is 13.2. The molecule has 0 aliphatic rings. The Labute approximate surface area is 320 Å². The van der Waals surface area contributed by atoms with Crippen LogP contribution in [0.15, 0.2) is 185 Å². The minimum Gasteiger partial charge on any atom is -0.455 e. The fourth-order valence-corrected chi connectivity index (χ4v) is 7.52. The van der Waals surface area contributed by atoms with E-state index in [1.807, 2.05) is 133 Å². The van der Waals surface area contributed by atoms with Gasteiger partial charge in [0.15, 0.2) is 28.9 Å². The first-order valence-electron chi connectivity index (χ1n) is 18.4. The molecule has 4 heterocycles. The third kappa shape index (κ3) is 5.33. The highest BCUT2D eigenvalue weighted by molar-refractivity contribution is 6.15. The van der Waals surface area contributed by atoms with Crippen molar-refractivity contribution < 1.29 is 8.83 Å². The minimum absolute atomic E-state index is 0.535. The van der Waals surface area contributed by atoms with E-state index in [-0.39, 0.29) is 0 Å². The lowest BCUT2D eigenvalue weighted by atomic mass is 10.0. The third-order valence-corrected chi connectivity index (χ3v) is 10.2. The number of aromatic nitrogens is 5. The highest BCUT2D eigenvalue weighted by atomic mass is 16.3. The average Bonchev–Trinajstić information content (AvgIpc) is 3.86. The summed E-state index contributed by atoms with van der Waals surface area (Å²) in [6.45, 7) is 0. The molecule has 0 saturated heterocycles. The van der Waals surface area contributed by atoms with Gasteiger partial charge in [0.25, 0.3) is 0 Å². The largest absolute Gasteiger partial charge is 0.455 e. The summed E-state index contributed by atoms with van der Waals surface area (Å²) >= 11 is 0. The lowest BCUT2D eigenvalue weighted by Gasteiger charge is -2.09. The van der Waals surface area contributed by atoms with Crippen LogP contribution in [0.2, 0.25) is 0 Å². The Morgan fingerprint density at radius 3 is 1.59 bits per heavy atom. The quantitative estimate of drug-likeness (QED) is 0.169. The van der Waals surface area contributed by atoms with Crippen molar-refractivity contribution in [3.05, 3.63) is 176 Å². The Bertz CT molecular complexity index is 3190. The number of hydrogen-bond donors (Lipinski definition) is 0. The SMILES string of the molecule is c1ccc(-c2cccc(-c3nc(-c4cccc5c4oc4cccc(-c6nc(-c7ccccc7)nc(-c7ccccc7)n6)c45)nc4c3oc3ccccc34)c2)cc1. The van der Waals surface area contributed by atoms with Gasteiger partial charge in [-0.2, -0.15) is 0 Å². The first-order chi connectivity index (χ1) is 27.7. The van der Waals surface area contributed by atoms with Crippen molar-refractivity contribution in [1.82, 2.24) is 24.9 Å². The standard InChI is InChI=1S/C49H29N5O2/c1-4-15-30(16-5-1)33-21-12-22-34(29-33)42-45-43(35-23-10-11-27-39(35)55-45)51-49(50-42)38-26-13-24-36-41-37(25-14-28-40(41)56-44(36)38)48-53-46(31-17-6-2-7-18-31)52-47(54-48)32-19-8-3-9-20-32/h1-29H. The van der Waals surface area contributed by atoms with E-state index in [1.54, 1.807) is 0 Å². The monoisotopic (exact) mass is 719 g/mol. The van der Waals surface area contributed by atoms with Crippen molar-refractivity contribution in [3.8, 4) is 67.9 Å². The fraction of sp³-hybridized carbons (Fsp3) is 0. The van der Waals surface area contributed by atoms with Crippen LogP contribution in [-0.4, -0.2) is 24.9 Å². The molecule has 0 amide bonds. The van der Waals surface area contributed by atoms with E-state index >= 15 is 0 Å². The molecule has 262 valence electrons. The molecule has 0 N–H and O–H groups in total. The Kier molecular flexibility index (Phi) is 7.35. The molecule has 11 aromatic rings. The molecule has 0 atom stereocenters. The smallest absolute Gasteiger partial charge is 0.180 e. The van der Waals surface area contributed by atoms with Crippen LogP contribution < -0.4 is 0 Å². The molecule has 0 fully saturated rings. The number of benzene rings is 7. The molecule has 0 aliphatic heterocycles. The Morgan fingerprint density at radius 2 is 0.839 bits per heavy atom. The molecule has 0 bridgehead atoms. The van der Waals surface area contributed by atoms with Crippen LogP contribution in [-0.2, 0) is 0 Å². The van der Waals surface area contributed by atoms with Crippen molar-refractivity contribution in [3.63, 3.8) is 0 Å². The normalized spacial score (nSPS) is 11.6. The maximum absolute atomic E-state index is 6.76. The summed E-state index contributed by atoms with van der Waals surface area (Å²) in [6, 6.07) is 58.8. The van der Waals surface area contributed by atoms with Crippen molar-refractivity contribution in [1.29, 1.82) is 0 Å². The van der Waals surface area contributed by atoms with E-state index < -0.39 is 0 Å². The van der Waals surface area contributed by atoms with Gasteiger partial charge in [-0.05, 0) is 41.5 Å². The fourth-order valence-electron chi connectivity index (χ4n) is 7.52. The number of para-hydroxylation sites is 2. The number of nitrogens with zero attached hydrogens (tertiary/aromatic N) is 5. The summed E-state index contributed by atoms with van der Waals surface area (Å²) in [5.74, 6) is 2.28. The van der Waals surface area contributed by atoms with Crippen LogP contribution in [0.3, 0.4) is 0 Å². The first kappa shape index (κ1) is 31.7. The number of furan rings is 2. The van der Waals surface area contributed by atoms with Gasteiger partial charge in [-0.1, -0.05) is 146 Å². The highest BCUT2D eigenvalue weighted by Crippen LogP contribution is 2.42. The van der Waals surface area contributed by atoms with Crippen molar-refractivity contribution in [2.24, 2.45) is 0 Å². The van der Waals surface area contributed by atoms with Gasteiger partial charge in [0, 0.05) is 38.4 Å². The van der Waals surface area contributed by atoms with Gasteiger partial charge in [-0.3, -0.25) is 0 Å². The van der Waals surface area contributed by atoms with E-state index in [2.05, 4.69) is 42.5 Å². The number of fused-ring (bicyclic) bond motifs is 6. The maximum atomic E-state index is 6.76. The molecule has 0 aliphatic carbocycles. The number of hydrogen-bond acceptors (Lipinski definition) is 7. The van der Waals surface area contributed by atoms with E-state index in [0.29, 0.717) is 45.7 Å². The third-order valence-electron chi connectivity index (χ3n) is 10.2. The minimum atomic E-state index is 0.535. The first-order valence-corrected chi connectivity index (χ1v) is 18.4. The Hall–Kier alpha value is -7.77. The van der Waals surface area contributed by atoms with E-state index in [9.17, 15) is 0 Å². The van der Waals surface area contributed by atoms with E-state index in [4.69, 9.17) is 33.8 Å². The second-order valence-electron chi connectivity index (χ2n) is 13.6. The molecule has 0 radical (unpaired) electrons. The summed E-state index contributed by atoms with van der Waals surface area (Å²) in [5.41, 5.74) is 10.8. The molecule has 4 aromatic heterocycles. The van der Waals surface area contributed by atoms with Crippen LogP contribution in [0.5, 0.6) is 0 Å². The summed E-state index contributed by atoms with van der Waals surface area (Å²) in [6.07, 6.45) is 0. The molecule has 7 aromatic carbocycles. The van der Waals surface area contributed by atoms with Crippen molar-refractivity contribution >= 4 is 44.0 Å². The van der Waals surface area contributed by atoms with Gasteiger partial charge < -0.3 is 8.83 Å². The average molecular weight is 720 g/mol. The predicted molar refractivity (Wildman–Crippen MR) is 223 cm³/mol. The highest BCUT2D eigenvalue weighted by Gasteiger charge is 2.23. The summed E-state index contributed by atoms with van der Waals surface area (Å²) in [5, 5.41) is 2.73. The zero-order chi connectivity index (χ0) is 37.0. The van der Waals surface area contributed by atoms with E-state index in [1.165, 1.54) is 0 Å². The van der Waals surface area contributed by atoms with Gasteiger partial charge in [-0.25, -0.2) is 24.9 Å². The molecular weight excluding hydrogens is 691 g/mol. The van der Waals surface area contributed by atoms with Crippen molar-refractivity contribution in [2.75, 3.05) is 0 Å². The zero-order valence-corrected chi connectivity index (χ0v) is 29.8. The van der Waals surface area contributed by atoms with Gasteiger partial charge in [0.1, 0.15) is 28.0 Å². The number of rotatable bonds is 6. The summed E-state index contributed by atoms with van der Waals surface area (Å²) in [4.78, 5) is 25.5. The molecule has 0 saturated carbocycles. The lowest BCUT2D eigenvalue weighted by Crippen LogP contribution is -2.00. The molecular formula is C49H29N5O2. The molecule has 56 heavy (non-hydrogen) atoms. The maximum Gasteiger partial charge on any atom is 0.180 e. The topological polar surface area (TPSA) is 90.7 Å².